The van der Waals surface area contributed by atoms with Gasteiger partial charge in [0.15, 0.2) is 5.75 Å². The van der Waals surface area contributed by atoms with E-state index < -0.39 is 8.07 Å². The summed E-state index contributed by atoms with van der Waals surface area (Å²) in [4.78, 5) is 7.98. The van der Waals surface area contributed by atoms with Crippen molar-refractivity contribution in [1.29, 1.82) is 0 Å². The first-order valence-corrected chi connectivity index (χ1v) is 12.5. The van der Waals surface area contributed by atoms with Crippen LogP contribution in [-0.2, 0) is 6.61 Å². The Balaban J connectivity index is 1.60. The molecule has 2 aromatic carbocycles. The molecule has 0 N–H and O–H groups in total. The van der Waals surface area contributed by atoms with Crippen molar-refractivity contribution in [2.24, 2.45) is 10.2 Å². The summed E-state index contributed by atoms with van der Waals surface area (Å²) in [6, 6.07) is 16.1. The normalized spacial score (nSPS) is 11.6. The number of methoxy groups -OCH3 is 1. The molecule has 1 heterocycles. The van der Waals surface area contributed by atoms with Gasteiger partial charge >= 0.3 is 0 Å². The maximum Gasteiger partial charge on any atom is 0.260 e. The Morgan fingerprint density at radius 3 is 2.07 bits per heavy atom. The van der Waals surface area contributed by atoms with Crippen LogP contribution in [0, 0.1) is 0 Å². The molecule has 144 valence electrons. The second-order valence-corrected chi connectivity index (χ2v) is 12.4. The number of azo groups is 1. The molecule has 0 aliphatic carbocycles. The highest BCUT2D eigenvalue weighted by atomic mass is 28.3. The maximum absolute atomic E-state index is 5.69. The van der Waals surface area contributed by atoms with Crippen LogP contribution in [0.15, 0.2) is 71.3 Å². The smallest absolute Gasteiger partial charge is 0.260 e. The average molecular weight is 393 g/mol. The molecular formula is C21H24N4O2Si. The topological polar surface area (TPSA) is 69.0 Å². The molecular weight excluding hydrogens is 368 g/mol. The number of rotatable bonds is 7. The van der Waals surface area contributed by atoms with Gasteiger partial charge in [-0.1, -0.05) is 49.1 Å². The number of benzene rings is 2. The summed E-state index contributed by atoms with van der Waals surface area (Å²) in [5.41, 5.74) is 2.64. The summed E-state index contributed by atoms with van der Waals surface area (Å²) in [5.74, 6) is 0.927. The fraction of sp³-hybridized carbons (Fsp3) is 0.238. The van der Waals surface area contributed by atoms with E-state index in [1.54, 1.807) is 13.3 Å². The monoisotopic (exact) mass is 392 g/mol. The lowest BCUT2D eigenvalue weighted by Crippen LogP contribution is -2.37. The van der Waals surface area contributed by atoms with E-state index in [-0.39, 0.29) is 0 Å². The van der Waals surface area contributed by atoms with Crippen molar-refractivity contribution in [3.63, 3.8) is 0 Å². The summed E-state index contributed by atoms with van der Waals surface area (Å²) >= 11 is 0. The lowest BCUT2D eigenvalue weighted by atomic mass is 10.2. The molecule has 0 saturated heterocycles. The third-order valence-corrected chi connectivity index (χ3v) is 6.26. The second-order valence-electron chi connectivity index (χ2n) is 7.35. The van der Waals surface area contributed by atoms with Crippen LogP contribution >= 0.6 is 0 Å². The van der Waals surface area contributed by atoms with Gasteiger partial charge in [-0.05, 0) is 29.8 Å². The van der Waals surface area contributed by atoms with Crippen LogP contribution in [0.3, 0.4) is 0 Å². The Labute approximate surface area is 166 Å². The van der Waals surface area contributed by atoms with Crippen LogP contribution in [0.25, 0.3) is 0 Å². The van der Waals surface area contributed by atoms with E-state index in [1.165, 1.54) is 11.5 Å². The van der Waals surface area contributed by atoms with E-state index in [2.05, 4.69) is 52.0 Å². The van der Waals surface area contributed by atoms with Crippen molar-refractivity contribution in [2.75, 3.05) is 7.11 Å². The summed E-state index contributed by atoms with van der Waals surface area (Å²) < 4.78 is 10.9. The van der Waals surface area contributed by atoms with Gasteiger partial charge in [-0.2, -0.15) is 15.2 Å². The highest BCUT2D eigenvalue weighted by Gasteiger charge is 2.15. The molecule has 6 nitrogen and oxygen atoms in total. The minimum atomic E-state index is -1.29. The van der Waals surface area contributed by atoms with E-state index in [4.69, 9.17) is 9.47 Å². The minimum Gasteiger partial charge on any atom is -0.490 e. The Kier molecular flexibility index (Phi) is 6.15. The van der Waals surface area contributed by atoms with Crippen molar-refractivity contribution < 1.29 is 9.47 Å². The molecule has 3 aromatic rings. The van der Waals surface area contributed by atoms with Gasteiger partial charge < -0.3 is 9.47 Å². The Hall–Kier alpha value is -3.06. The van der Waals surface area contributed by atoms with Crippen molar-refractivity contribution in [2.45, 2.75) is 26.2 Å². The van der Waals surface area contributed by atoms with Gasteiger partial charge in [0.25, 0.3) is 5.88 Å². The van der Waals surface area contributed by atoms with Crippen LogP contribution in [0.5, 0.6) is 11.6 Å². The molecule has 0 saturated carbocycles. The van der Waals surface area contributed by atoms with Crippen LogP contribution in [0.2, 0.25) is 19.6 Å². The van der Waals surface area contributed by atoms with Gasteiger partial charge in [0.1, 0.15) is 12.9 Å². The van der Waals surface area contributed by atoms with Gasteiger partial charge in [0.2, 0.25) is 0 Å². The highest BCUT2D eigenvalue weighted by Crippen LogP contribution is 2.23. The molecule has 3 rings (SSSR count). The molecule has 28 heavy (non-hydrogen) atoms. The van der Waals surface area contributed by atoms with E-state index in [9.17, 15) is 0 Å². The van der Waals surface area contributed by atoms with Gasteiger partial charge in [0.05, 0.1) is 32.8 Å². The van der Waals surface area contributed by atoms with Crippen LogP contribution < -0.4 is 14.7 Å². The van der Waals surface area contributed by atoms with Gasteiger partial charge in [-0.3, -0.25) is 0 Å². The average Bonchev–Trinajstić information content (AvgIpc) is 2.71. The van der Waals surface area contributed by atoms with E-state index in [0.717, 1.165) is 16.9 Å². The summed E-state index contributed by atoms with van der Waals surface area (Å²) in [6.07, 6.45) is 3.00. The zero-order chi connectivity index (χ0) is 20.0. The number of hydrogen-bond acceptors (Lipinski definition) is 6. The number of hydrogen-bond donors (Lipinski definition) is 0. The van der Waals surface area contributed by atoms with Crippen molar-refractivity contribution in [3.8, 4) is 11.6 Å². The standard InChI is InChI=1S/C21H24N4O2Si/c1-26-20-13-22-15-23-21(20)27-14-16-5-7-17(8-6-16)24-25-18-9-11-19(12-10-18)28(2,3)4/h5-13,15H,14H2,1-4H3. The van der Waals surface area contributed by atoms with E-state index in [1.807, 2.05) is 36.4 Å². The summed E-state index contributed by atoms with van der Waals surface area (Å²) in [7, 11) is 0.271. The Bertz CT molecular complexity index is 936. The molecule has 0 amide bonds. The zero-order valence-electron chi connectivity index (χ0n) is 16.6. The molecule has 7 heteroatoms. The van der Waals surface area contributed by atoms with Crippen molar-refractivity contribution >= 4 is 24.6 Å². The predicted octanol–water partition coefficient (Wildman–Crippen LogP) is 5.02. The molecule has 0 spiro atoms. The molecule has 0 bridgehead atoms. The highest BCUT2D eigenvalue weighted by molar-refractivity contribution is 6.88. The quantitative estimate of drug-likeness (QED) is 0.418. The van der Waals surface area contributed by atoms with Crippen LogP contribution in [0.1, 0.15) is 5.56 Å². The van der Waals surface area contributed by atoms with Crippen LogP contribution in [0.4, 0.5) is 11.4 Å². The third-order valence-electron chi connectivity index (χ3n) is 4.19. The fourth-order valence-electron chi connectivity index (χ4n) is 2.51. The first kappa shape index (κ1) is 19.7. The zero-order valence-corrected chi connectivity index (χ0v) is 17.6. The molecule has 0 aliphatic heterocycles. The van der Waals surface area contributed by atoms with Gasteiger partial charge in [-0.15, -0.1) is 0 Å². The molecule has 0 unspecified atom stereocenters. The van der Waals surface area contributed by atoms with Crippen molar-refractivity contribution in [1.82, 2.24) is 9.97 Å². The first-order chi connectivity index (χ1) is 13.5. The second kappa shape index (κ2) is 8.75. The minimum absolute atomic E-state index is 0.378. The first-order valence-electron chi connectivity index (χ1n) is 9.04. The number of ether oxygens (including phenoxy) is 2. The molecule has 0 atom stereocenters. The fourth-order valence-corrected chi connectivity index (χ4v) is 3.67. The summed E-state index contributed by atoms with van der Waals surface area (Å²) in [6.45, 7) is 7.36. The third kappa shape index (κ3) is 5.23. The predicted molar refractivity (Wildman–Crippen MR) is 113 cm³/mol. The lowest BCUT2D eigenvalue weighted by molar-refractivity contribution is 0.271. The van der Waals surface area contributed by atoms with Crippen molar-refractivity contribution in [3.05, 3.63) is 66.6 Å². The SMILES string of the molecule is COc1cncnc1OCc1ccc(N=Nc2ccc([Si](C)(C)C)cc2)cc1. The van der Waals surface area contributed by atoms with Crippen LogP contribution in [-0.4, -0.2) is 25.2 Å². The lowest BCUT2D eigenvalue weighted by Gasteiger charge is -2.15. The van der Waals surface area contributed by atoms with E-state index >= 15 is 0 Å². The maximum atomic E-state index is 5.69. The van der Waals surface area contributed by atoms with Gasteiger partial charge in [-0.25, -0.2) is 4.98 Å². The number of aromatic nitrogens is 2. The molecule has 1 aromatic heterocycles. The molecule has 0 fully saturated rings. The Morgan fingerprint density at radius 1 is 0.893 bits per heavy atom. The number of nitrogens with zero attached hydrogens (tertiary/aromatic N) is 4. The van der Waals surface area contributed by atoms with E-state index in [0.29, 0.717) is 18.2 Å². The van der Waals surface area contributed by atoms with Gasteiger partial charge in [0, 0.05) is 0 Å². The largest absolute Gasteiger partial charge is 0.490 e. The molecule has 0 radical (unpaired) electrons. The molecule has 0 aliphatic rings. The summed E-state index contributed by atoms with van der Waals surface area (Å²) in [5, 5.41) is 10.0. The Morgan fingerprint density at radius 2 is 1.50 bits per heavy atom.